The molecule has 0 radical (unpaired) electrons. The predicted octanol–water partition coefficient (Wildman–Crippen LogP) is 5.45. The number of benzene rings is 4. The number of carbonyl (C=O) groups is 2. The molecule has 0 saturated heterocycles. The smallest absolute Gasteiger partial charge is 0.264 e. The molecular weight excluding hydrogens is 440 g/mol. The van der Waals surface area contributed by atoms with Gasteiger partial charge < -0.3 is 4.74 Å². The molecule has 0 spiro atoms. The third-order valence-electron chi connectivity index (χ3n) is 6.10. The number of ether oxygens (including phenoxy) is 1. The fourth-order valence-corrected chi connectivity index (χ4v) is 4.39. The van der Waals surface area contributed by atoms with E-state index in [4.69, 9.17) is 15.6 Å². The van der Waals surface area contributed by atoms with Crippen molar-refractivity contribution in [3.8, 4) is 11.5 Å². The van der Waals surface area contributed by atoms with Crippen LogP contribution in [0.1, 0.15) is 31.8 Å². The Balaban J connectivity index is 1.18. The molecule has 2 amide bonds. The maximum Gasteiger partial charge on any atom is 0.264 e. The van der Waals surface area contributed by atoms with Gasteiger partial charge in [-0.3, -0.25) is 30.2 Å². The summed E-state index contributed by atoms with van der Waals surface area (Å²) in [5.74, 6) is 0.986. The van der Waals surface area contributed by atoms with E-state index in [0.29, 0.717) is 45.1 Å². The highest BCUT2D eigenvalue weighted by Crippen LogP contribution is 2.32. The SMILES string of the molecule is N=C1c2ccccc2C(=O)N1c1ccc(Oc2ccc(N3C(=N)c4ccccc4C3=O)cc2)cc1. The highest BCUT2D eigenvalue weighted by atomic mass is 16.5. The van der Waals surface area contributed by atoms with Crippen LogP contribution in [-0.2, 0) is 0 Å². The van der Waals surface area contributed by atoms with Crippen LogP contribution in [-0.4, -0.2) is 23.5 Å². The Morgan fingerprint density at radius 2 is 0.829 bits per heavy atom. The van der Waals surface area contributed by atoms with Crippen molar-refractivity contribution in [3.63, 3.8) is 0 Å². The van der Waals surface area contributed by atoms with Gasteiger partial charge in [0.05, 0.1) is 22.5 Å². The Morgan fingerprint density at radius 3 is 1.17 bits per heavy atom. The third kappa shape index (κ3) is 3.21. The Kier molecular flexibility index (Phi) is 4.57. The fraction of sp³-hybridized carbons (Fsp3) is 0. The zero-order valence-corrected chi connectivity index (χ0v) is 18.4. The summed E-state index contributed by atoms with van der Waals surface area (Å²) >= 11 is 0. The fourth-order valence-electron chi connectivity index (χ4n) is 4.39. The van der Waals surface area contributed by atoms with Crippen molar-refractivity contribution >= 4 is 34.9 Å². The van der Waals surface area contributed by atoms with Crippen LogP contribution in [0.25, 0.3) is 0 Å². The Labute approximate surface area is 200 Å². The normalized spacial score (nSPS) is 14.4. The van der Waals surface area contributed by atoms with E-state index in [9.17, 15) is 9.59 Å². The number of fused-ring (bicyclic) bond motifs is 2. The molecule has 168 valence electrons. The van der Waals surface area contributed by atoms with E-state index in [1.54, 1.807) is 84.9 Å². The molecule has 2 heterocycles. The lowest BCUT2D eigenvalue weighted by molar-refractivity contribution is 0.0999. The maximum absolute atomic E-state index is 12.8. The van der Waals surface area contributed by atoms with Crippen molar-refractivity contribution < 1.29 is 14.3 Å². The second kappa shape index (κ2) is 7.78. The minimum atomic E-state index is -0.223. The van der Waals surface area contributed by atoms with Gasteiger partial charge in [0.15, 0.2) is 0 Å². The molecule has 2 aliphatic rings. The van der Waals surface area contributed by atoms with Crippen LogP contribution >= 0.6 is 0 Å². The summed E-state index contributed by atoms with van der Waals surface area (Å²) in [6, 6.07) is 28.1. The summed E-state index contributed by atoms with van der Waals surface area (Å²) in [6.07, 6.45) is 0. The molecule has 4 aromatic carbocycles. The van der Waals surface area contributed by atoms with E-state index in [1.165, 1.54) is 9.80 Å². The molecule has 7 nitrogen and oxygen atoms in total. The highest BCUT2D eigenvalue weighted by Gasteiger charge is 2.34. The van der Waals surface area contributed by atoms with Gasteiger partial charge in [-0.2, -0.15) is 0 Å². The van der Waals surface area contributed by atoms with E-state index >= 15 is 0 Å². The summed E-state index contributed by atoms with van der Waals surface area (Å²) in [6.45, 7) is 0. The van der Waals surface area contributed by atoms with Crippen LogP contribution in [0.3, 0.4) is 0 Å². The third-order valence-corrected chi connectivity index (χ3v) is 6.10. The number of carbonyl (C=O) groups excluding carboxylic acids is 2. The molecule has 6 rings (SSSR count). The minimum absolute atomic E-state index is 0.152. The molecule has 0 aromatic heterocycles. The van der Waals surface area contributed by atoms with Gasteiger partial charge in [-0.1, -0.05) is 36.4 Å². The Hall–Kier alpha value is -5.04. The van der Waals surface area contributed by atoms with Crippen LogP contribution in [0.5, 0.6) is 11.5 Å². The van der Waals surface area contributed by atoms with Gasteiger partial charge in [-0.05, 0) is 60.7 Å². The summed E-state index contributed by atoms with van der Waals surface area (Å²) in [5.41, 5.74) is 3.45. The molecule has 35 heavy (non-hydrogen) atoms. The summed E-state index contributed by atoms with van der Waals surface area (Å²) in [4.78, 5) is 28.3. The minimum Gasteiger partial charge on any atom is -0.457 e. The topological polar surface area (TPSA) is 97.6 Å². The molecule has 7 heteroatoms. The van der Waals surface area contributed by atoms with Crippen molar-refractivity contribution in [1.82, 2.24) is 0 Å². The largest absolute Gasteiger partial charge is 0.457 e. The van der Waals surface area contributed by atoms with Gasteiger partial charge >= 0.3 is 0 Å². The first-order valence-electron chi connectivity index (χ1n) is 11.0. The van der Waals surface area contributed by atoms with E-state index in [-0.39, 0.29) is 23.5 Å². The van der Waals surface area contributed by atoms with Gasteiger partial charge in [0.2, 0.25) is 0 Å². The first kappa shape index (κ1) is 20.6. The monoisotopic (exact) mass is 458 g/mol. The van der Waals surface area contributed by atoms with Gasteiger partial charge in [0, 0.05) is 11.1 Å². The summed E-state index contributed by atoms with van der Waals surface area (Å²) in [7, 11) is 0. The molecule has 0 unspecified atom stereocenters. The quantitative estimate of drug-likeness (QED) is 0.425. The zero-order chi connectivity index (χ0) is 24.1. The predicted molar refractivity (Wildman–Crippen MR) is 133 cm³/mol. The molecule has 0 saturated carbocycles. The molecule has 0 aliphatic carbocycles. The molecule has 4 aromatic rings. The number of amidine groups is 2. The van der Waals surface area contributed by atoms with Crippen molar-refractivity contribution in [2.75, 3.05) is 9.80 Å². The number of amides is 2. The van der Waals surface area contributed by atoms with Crippen LogP contribution < -0.4 is 14.5 Å². The Morgan fingerprint density at radius 1 is 0.486 bits per heavy atom. The van der Waals surface area contributed by atoms with Crippen LogP contribution in [0.2, 0.25) is 0 Å². The molecule has 0 bridgehead atoms. The lowest BCUT2D eigenvalue weighted by atomic mass is 10.1. The lowest BCUT2D eigenvalue weighted by Crippen LogP contribution is -2.29. The highest BCUT2D eigenvalue weighted by molar-refractivity contribution is 6.36. The second-order valence-corrected chi connectivity index (χ2v) is 8.16. The van der Waals surface area contributed by atoms with E-state index in [2.05, 4.69) is 0 Å². The lowest BCUT2D eigenvalue weighted by Gasteiger charge is -2.17. The standard InChI is InChI=1S/C28H18N4O3/c29-25-21-5-1-3-7-23(21)27(33)31(25)17-9-13-19(14-10-17)35-20-15-11-18(12-16-20)32-26(30)22-6-2-4-8-24(22)28(32)34/h1-16,29-30H. The first-order valence-corrected chi connectivity index (χ1v) is 11.0. The maximum atomic E-state index is 12.8. The van der Waals surface area contributed by atoms with Crippen molar-refractivity contribution in [3.05, 3.63) is 119 Å². The molecule has 0 atom stereocenters. The average molecular weight is 458 g/mol. The second-order valence-electron chi connectivity index (χ2n) is 8.16. The van der Waals surface area contributed by atoms with Gasteiger partial charge in [0.25, 0.3) is 11.8 Å². The van der Waals surface area contributed by atoms with Crippen LogP contribution in [0.15, 0.2) is 97.1 Å². The molecule has 2 N–H and O–H groups in total. The number of anilines is 2. The van der Waals surface area contributed by atoms with Gasteiger partial charge in [-0.25, -0.2) is 0 Å². The number of rotatable bonds is 4. The van der Waals surface area contributed by atoms with E-state index < -0.39 is 0 Å². The van der Waals surface area contributed by atoms with Crippen molar-refractivity contribution in [2.45, 2.75) is 0 Å². The number of nitrogens with zero attached hydrogens (tertiary/aromatic N) is 2. The zero-order valence-electron chi connectivity index (χ0n) is 18.4. The average Bonchev–Trinajstić information content (AvgIpc) is 3.30. The number of nitrogens with one attached hydrogen (secondary N) is 2. The summed E-state index contributed by atoms with van der Waals surface area (Å²) < 4.78 is 5.93. The molecule has 0 fully saturated rings. The van der Waals surface area contributed by atoms with Gasteiger partial charge in [0.1, 0.15) is 23.2 Å². The van der Waals surface area contributed by atoms with E-state index in [0.717, 1.165) is 0 Å². The van der Waals surface area contributed by atoms with Crippen LogP contribution in [0.4, 0.5) is 11.4 Å². The molecular formula is C28H18N4O3. The van der Waals surface area contributed by atoms with Gasteiger partial charge in [-0.15, -0.1) is 0 Å². The number of hydrogen-bond acceptors (Lipinski definition) is 5. The summed E-state index contributed by atoms with van der Waals surface area (Å²) in [5, 5.41) is 16.8. The molecule has 2 aliphatic heterocycles. The Bertz CT molecular complexity index is 1350. The van der Waals surface area contributed by atoms with Crippen molar-refractivity contribution in [1.29, 1.82) is 10.8 Å². The van der Waals surface area contributed by atoms with Crippen molar-refractivity contribution in [2.24, 2.45) is 0 Å². The van der Waals surface area contributed by atoms with E-state index in [1.807, 2.05) is 12.1 Å². The first-order chi connectivity index (χ1) is 17.0. The van der Waals surface area contributed by atoms with Crippen LogP contribution in [0, 0.1) is 10.8 Å². The number of hydrogen-bond donors (Lipinski definition) is 2.